The zero-order valence-electron chi connectivity index (χ0n) is 19.7. The summed E-state index contributed by atoms with van der Waals surface area (Å²) < 4.78 is 1.98. The van der Waals surface area contributed by atoms with Crippen LogP contribution in [0.4, 0.5) is 0 Å². The SMILES string of the molecule is CC(C)(C(=O)NCCCn1ccnc1)N(CCc1c[nH]c2ccccc12)C(=O)c1ccccc1. The number of hydrogen-bond acceptors (Lipinski definition) is 3. The van der Waals surface area contributed by atoms with Gasteiger partial charge in [-0.25, -0.2) is 4.98 Å². The number of carbonyl (C=O) groups excluding carboxylic acids is 2. The molecule has 34 heavy (non-hydrogen) atoms. The number of aromatic amines is 1. The molecule has 0 aliphatic carbocycles. The van der Waals surface area contributed by atoms with Crippen molar-refractivity contribution in [2.75, 3.05) is 13.1 Å². The number of rotatable bonds is 10. The Morgan fingerprint density at radius 2 is 1.85 bits per heavy atom. The molecular weight excluding hydrogens is 426 g/mol. The molecule has 0 unspecified atom stereocenters. The van der Waals surface area contributed by atoms with Gasteiger partial charge in [-0.2, -0.15) is 0 Å². The number of nitrogens with one attached hydrogen (secondary N) is 2. The normalized spacial score (nSPS) is 11.5. The largest absolute Gasteiger partial charge is 0.361 e. The van der Waals surface area contributed by atoms with E-state index in [9.17, 15) is 9.59 Å². The minimum Gasteiger partial charge on any atom is -0.361 e. The van der Waals surface area contributed by atoms with Gasteiger partial charge in [-0.05, 0) is 50.5 Å². The lowest BCUT2D eigenvalue weighted by atomic mass is 9.98. The highest BCUT2D eigenvalue weighted by molar-refractivity contribution is 5.99. The van der Waals surface area contributed by atoms with Gasteiger partial charge in [0.05, 0.1) is 6.33 Å². The molecule has 7 nitrogen and oxygen atoms in total. The molecule has 176 valence electrons. The molecule has 0 aliphatic rings. The van der Waals surface area contributed by atoms with Crippen molar-refractivity contribution in [3.05, 3.63) is 90.6 Å². The first-order valence-electron chi connectivity index (χ1n) is 11.6. The van der Waals surface area contributed by atoms with Gasteiger partial charge < -0.3 is 19.8 Å². The van der Waals surface area contributed by atoms with Crippen molar-refractivity contribution in [2.45, 2.75) is 38.8 Å². The third kappa shape index (κ3) is 5.20. The molecule has 0 spiro atoms. The van der Waals surface area contributed by atoms with Crippen molar-refractivity contribution in [1.29, 1.82) is 0 Å². The number of benzene rings is 2. The maximum Gasteiger partial charge on any atom is 0.254 e. The standard InChI is InChI=1S/C27H31N5O2/c1-27(2,26(34)29-14-8-16-31-18-15-28-20-31)32(25(33)21-9-4-3-5-10-21)17-13-22-19-30-24-12-7-6-11-23(22)24/h3-7,9-12,15,18-20,30H,8,13-14,16-17H2,1-2H3,(H,29,34). The summed E-state index contributed by atoms with van der Waals surface area (Å²) in [6.07, 6.45) is 8.80. The molecular formula is C27H31N5O2. The Bertz CT molecular complexity index is 1230. The van der Waals surface area contributed by atoms with Crippen LogP contribution in [0.2, 0.25) is 0 Å². The van der Waals surface area contributed by atoms with E-state index < -0.39 is 5.54 Å². The van der Waals surface area contributed by atoms with Gasteiger partial charge in [0.25, 0.3) is 5.91 Å². The summed E-state index contributed by atoms with van der Waals surface area (Å²) in [7, 11) is 0. The van der Waals surface area contributed by atoms with E-state index >= 15 is 0 Å². The van der Waals surface area contributed by atoms with Gasteiger partial charge in [0, 0.05) is 54.7 Å². The summed E-state index contributed by atoms with van der Waals surface area (Å²) in [4.78, 5) is 35.8. The number of carbonyl (C=O) groups is 2. The molecule has 0 atom stereocenters. The monoisotopic (exact) mass is 457 g/mol. The van der Waals surface area contributed by atoms with Gasteiger partial charge in [-0.15, -0.1) is 0 Å². The van der Waals surface area contributed by atoms with Crippen molar-refractivity contribution in [3.8, 4) is 0 Å². The fourth-order valence-corrected chi connectivity index (χ4v) is 4.16. The third-order valence-corrected chi connectivity index (χ3v) is 6.21. The first-order chi connectivity index (χ1) is 16.5. The highest BCUT2D eigenvalue weighted by atomic mass is 16.2. The number of fused-ring (bicyclic) bond motifs is 1. The summed E-state index contributed by atoms with van der Waals surface area (Å²) in [5, 5.41) is 4.16. The molecule has 0 radical (unpaired) electrons. The van der Waals surface area contributed by atoms with Crippen molar-refractivity contribution >= 4 is 22.7 Å². The van der Waals surface area contributed by atoms with Gasteiger partial charge in [0.2, 0.25) is 5.91 Å². The van der Waals surface area contributed by atoms with Gasteiger partial charge in [-0.3, -0.25) is 9.59 Å². The first kappa shape index (κ1) is 23.3. The number of amides is 2. The predicted molar refractivity (Wildman–Crippen MR) is 133 cm³/mol. The van der Waals surface area contributed by atoms with Crippen LogP contribution in [0.25, 0.3) is 10.9 Å². The molecule has 2 aromatic heterocycles. The maximum atomic E-state index is 13.5. The second kappa shape index (κ2) is 10.4. The number of aryl methyl sites for hydroxylation is 1. The molecule has 4 aromatic rings. The quantitative estimate of drug-likeness (QED) is 0.353. The average Bonchev–Trinajstić information content (AvgIpc) is 3.52. The third-order valence-electron chi connectivity index (χ3n) is 6.21. The Morgan fingerprint density at radius 1 is 1.09 bits per heavy atom. The minimum atomic E-state index is -1.02. The Morgan fingerprint density at radius 3 is 2.62 bits per heavy atom. The first-order valence-corrected chi connectivity index (χ1v) is 11.6. The van der Waals surface area contributed by atoms with E-state index in [0.29, 0.717) is 25.1 Å². The van der Waals surface area contributed by atoms with Crippen LogP contribution in [0.5, 0.6) is 0 Å². The lowest BCUT2D eigenvalue weighted by Gasteiger charge is -2.37. The zero-order valence-corrected chi connectivity index (χ0v) is 19.7. The number of H-pyrrole nitrogens is 1. The molecule has 2 amide bonds. The fourth-order valence-electron chi connectivity index (χ4n) is 4.16. The molecule has 4 rings (SSSR count). The lowest BCUT2D eigenvalue weighted by Crippen LogP contribution is -2.57. The number of nitrogens with zero attached hydrogens (tertiary/aromatic N) is 3. The summed E-state index contributed by atoms with van der Waals surface area (Å²) in [6, 6.07) is 17.3. The molecule has 0 fully saturated rings. The van der Waals surface area contributed by atoms with Crippen LogP contribution in [0.3, 0.4) is 0 Å². The van der Waals surface area contributed by atoms with Gasteiger partial charge in [0.1, 0.15) is 5.54 Å². The van der Waals surface area contributed by atoms with Gasteiger partial charge >= 0.3 is 0 Å². The average molecular weight is 458 g/mol. The van der Waals surface area contributed by atoms with Gasteiger partial charge in [-0.1, -0.05) is 36.4 Å². The smallest absolute Gasteiger partial charge is 0.254 e. The van der Waals surface area contributed by atoms with E-state index in [1.807, 2.05) is 67.2 Å². The van der Waals surface area contributed by atoms with Gasteiger partial charge in [0.15, 0.2) is 0 Å². The molecule has 0 saturated carbocycles. The fraction of sp³-hybridized carbons (Fsp3) is 0.296. The molecule has 2 heterocycles. The Labute approximate surface area is 199 Å². The highest BCUT2D eigenvalue weighted by Gasteiger charge is 2.37. The summed E-state index contributed by atoms with van der Waals surface area (Å²) in [5.41, 5.74) is 1.74. The second-order valence-electron chi connectivity index (χ2n) is 8.90. The topological polar surface area (TPSA) is 83.0 Å². The molecule has 0 saturated heterocycles. The Hall–Kier alpha value is -3.87. The van der Waals surface area contributed by atoms with E-state index in [0.717, 1.165) is 29.4 Å². The van der Waals surface area contributed by atoms with Crippen molar-refractivity contribution in [3.63, 3.8) is 0 Å². The second-order valence-corrected chi connectivity index (χ2v) is 8.90. The van der Waals surface area contributed by atoms with Crippen LogP contribution >= 0.6 is 0 Å². The van der Waals surface area contributed by atoms with E-state index in [-0.39, 0.29) is 11.8 Å². The number of para-hydroxylation sites is 1. The lowest BCUT2D eigenvalue weighted by molar-refractivity contribution is -0.130. The molecule has 2 N–H and O–H groups in total. The predicted octanol–water partition coefficient (Wildman–Crippen LogP) is 4.03. The minimum absolute atomic E-state index is 0.154. The Kier molecular flexibility index (Phi) is 7.11. The van der Waals surface area contributed by atoms with Crippen molar-refractivity contribution in [1.82, 2.24) is 24.8 Å². The van der Waals surface area contributed by atoms with E-state index in [1.54, 1.807) is 29.6 Å². The molecule has 0 bridgehead atoms. The Balaban J connectivity index is 1.48. The molecule has 2 aromatic carbocycles. The van der Waals surface area contributed by atoms with Crippen molar-refractivity contribution in [2.24, 2.45) is 0 Å². The summed E-state index contributed by atoms with van der Waals surface area (Å²) in [6.45, 7) is 5.34. The van der Waals surface area contributed by atoms with E-state index in [2.05, 4.69) is 21.4 Å². The summed E-state index contributed by atoms with van der Waals surface area (Å²) in [5.74, 6) is -0.319. The summed E-state index contributed by atoms with van der Waals surface area (Å²) >= 11 is 0. The number of imidazole rings is 1. The maximum absolute atomic E-state index is 13.5. The zero-order chi connectivity index (χ0) is 24.0. The van der Waals surface area contributed by atoms with Crippen LogP contribution in [0.1, 0.15) is 36.2 Å². The van der Waals surface area contributed by atoms with Crippen LogP contribution in [-0.4, -0.2) is 49.9 Å². The highest BCUT2D eigenvalue weighted by Crippen LogP contribution is 2.23. The van der Waals surface area contributed by atoms with Crippen LogP contribution in [0, 0.1) is 0 Å². The van der Waals surface area contributed by atoms with E-state index in [4.69, 9.17) is 0 Å². The molecule has 0 aliphatic heterocycles. The van der Waals surface area contributed by atoms with E-state index in [1.165, 1.54) is 0 Å². The van der Waals surface area contributed by atoms with Crippen LogP contribution in [0.15, 0.2) is 79.5 Å². The van der Waals surface area contributed by atoms with Crippen LogP contribution < -0.4 is 5.32 Å². The van der Waals surface area contributed by atoms with Crippen LogP contribution in [-0.2, 0) is 17.8 Å². The molecule has 7 heteroatoms. The number of hydrogen-bond donors (Lipinski definition) is 2. The number of aromatic nitrogens is 3. The van der Waals surface area contributed by atoms with Crippen molar-refractivity contribution < 1.29 is 9.59 Å².